The molecule has 4 nitrogen and oxygen atoms in total. The quantitative estimate of drug-likeness (QED) is 0.234. The zero-order valence-corrected chi connectivity index (χ0v) is 14.7. The monoisotopic (exact) mass is 334 g/mol. The minimum atomic E-state index is -0.640. The first kappa shape index (κ1) is 18.8. The van der Waals surface area contributed by atoms with Crippen molar-refractivity contribution < 1.29 is 19.1 Å². The summed E-state index contributed by atoms with van der Waals surface area (Å²) in [5, 5.41) is 0. The lowest BCUT2D eigenvalue weighted by atomic mass is 10.1. The van der Waals surface area contributed by atoms with E-state index in [1.165, 1.54) is 51.4 Å². The van der Waals surface area contributed by atoms with Crippen LogP contribution in [0.4, 0.5) is 0 Å². The minimum absolute atomic E-state index is 0.383. The Balaban J connectivity index is 1.38. The maximum atomic E-state index is 11.4. The lowest BCUT2D eigenvalue weighted by Crippen LogP contribution is -2.06. The fraction of sp³-hybridized carbons (Fsp3) is 0.800. The van der Waals surface area contributed by atoms with Gasteiger partial charge in [0.2, 0.25) is 0 Å². The van der Waals surface area contributed by atoms with Gasteiger partial charge in [0, 0.05) is 11.8 Å². The van der Waals surface area contributed by atoms with Crippen LogP contribution in [0.15, 0.2) is 0 Å². The summed E-state index contributed by atoms with van der Waals surface area (Å²) in [4.78, 5) is 22.8. The first-order chi connectivity index (χ1) is 11.7. The van der Waals surface area contributed by atoms with E-state index >= 15 is 0 Å². The summed E-state index contributed by atoms with van der Waals surface area (Å²) in [6.07, 6.45) is 14.5. The Bertz CT molecular complexity index is 412. The first-order valence-electron chi connectivity index (χ1n) is 9.59. The van der Waals surface area contributed by atoms with Crippen molar-refractivity contribution in [1.82, 2.24) is 0 Å². The predicted molar refractivity (Wildman–Crippen MR) is 92.1 cm³/mol. The van der Waals surface area contributed by atoms with E-state index in [1.807, 2.05) is 0 Å². The number of ether oxygens (including phenoxy) is 2. The van der Waals surface area contributed by atoms with E-state index in [4.69, 9.17) is 9.47 Å². The Morgan fingerprint density at radius 2 is 1.08 bits per heavy atom. The molecule has 2 aliphatic carbocycles. The number of unbranched alkanes of at least 4 members (excludes halogenated alkanes) is 4. The molecule has 2 saturated carbocycles. The zero-order chi connectivity index (χ0) is 17.0. The van der Waals surface area contributed by atoms with E-state index in [0.29, 0.717) is 13.2 Å². The lowest BCUT2D eigenvalue weighted by Gasteiger charge is -2.01. The molecule has 0 aromatic rings. The molecule has 134 valence electrons. The maximum Gasteiger partial charge on any atom is 0.384 e. The van der Waals surface area contributed by atoms with Crippen LogP contribution in [0.25, 0.3) is 0 Å². The molecule has 2 rings (SSSR count). The van der Waals surface area contributed by atoms with Gasteiger partial charge in [-0.2, -0.15) is 0 Å². The molecular weight excluding hydrogens is 304 g/mol. The standard InChI is InChI=1S/C20H30O4/c21-19(23-15-5-1-3-7-17-9-10-17)13-14-20(22)24-16-6-2-4-8-18-11-12-18/h17-18H,1-12,15-16H2. The van der Waals surface area contributed by atoms with Gasteiger partial charge in [-0.15, -0.1) is 0 Å². The zero-order valence-electron chi connectivity index (χ0n) is 14.7. The second-order valence-corrected chi connectivity index (χ2v) is 7.11. The highest BCUT2D eigenvalue weighted by Crippen LogP contribution is 2.34. The molecule has 0 atom stereocenters. The molecule has 0 heterocycles. The Morgan fingerprint density at radius 3 is 1.46 bits per heavy atom. The Morgan fingerprint density at radius 1 is 0.667 bits per heavy atom. The maximum absolute atomic E-state index is 11.4. The summed E-state index contributed by atoms with van der Waals surface area (Å²) in [5.41, 5.74) is 0. The molecule has 2 fully saturated rings. The van der Waals surface area contributed by atoms with Gasteiger partial charge in [0.05, 0.1) is 13.2 Å². The summed E-state index contributed by atoms with van der Waals surface area (Å²) in [5.74, 6) is 5.02. The highest BCUT2D eigenvalue weighted by Gasteiger charge is 2.20. The topological polar surface area (TPSA) is 52.6 Å². The predicted octanol–water partition coefficient (Wildman–Crippen LogP) is 4.02. The molecule has 0 N–H and O–H groups in total. The summed E-state index contributed by atoms with van der Waals surface area (Å²) >= 11 is 0. The lowest BCUT2D eigenvalue weighted by molar-refractivity contribution is -0.138. The van der Waals surface area contributed by atoms with Crippen molar-refractivity contribution in [3.63, 3.8) is 0 Å². The molecule has 0 bridgehead atoms. The number of esters is 2. The van der Waals surface area contributed by atoms with E-state index in [1.54, 1.807) is 0 Å². The van der Waals surface area contributed by atoms with E-state index in [2.05, 4.69) is 11.8 Å². The summed E-state index contributed by atoms with van der Waals surface area (Å²) in [7, 11) is 0. The van der Waals surface area contributed by atoms with Crippen LogP contribution in [-0.2, 0) is 19.1 Å². The van der Waals surface area contributed by atoms with Gasteiger partial charge in [-0.05, 0) is 24.7 Å². The van der Waals surface area contributed by atoms with Crippen LogP contribution >= 0.6 is 0 Å². The van der Waals surface area contributed by atoms with Gasteiger partial charge in [-0.25, -0.2) is 9.59 Å². The second-order valence-electron chi connectivity index (χ2n) is 7.11. The van der Waals surface area contributed by atoms with Crippen molar-refractivity contribution >= 4 is 11.9 Å². The fourth-order valence-electron chi connectivity index (χ4n) is 2.74. The molecule has 0 aromatic carbocycles. The van der Waals surface area contributed by atoms with E-state index in [9.17, 15) is 9.59 Å². The summed E-state index contributed by atoms with van der Waals surface area (Å²) in [6.45, 7) is 0.766. The van der Waals surface area contributed by atoms with Gasteiger partial charge in [0.1, 0.15) is 0 Å². The number of carbonyl (C=O) groups excluding carboxylic acids is 2. The largest absolute Gasteiger partial charge is 0.456 e. The van der Waals surface area contributed by atoms with Gasteiger partial charge < -0.3 is 9.47 Å². The Labute approximate surface area is 145 Å². The highest BCUT2D eigenvalue weighted by molar-refractivity contribution is 5.98. The molecule has 2 aliphatic rings. The molecule has 4 heteroatoms. The van der Waals surface area contributed by atoms with Crippen LogP contribution in [0.5, 0.6) is 0 Å². The molecular formula is C20H30O4. The van der Waals surface area contributed by atoms with Gasteiger partial charge in [0.25, 0.3) is 0 Å². The molecule has 0 aromatic heterocycles. The SMILES string of the molecule is O=C(C#CC(=O)OCCCCCC1CC1)OCCCCCC1CC1. The fourth-order valence-corrected chi connectivity index (χ4v) is 2.74. The summed E-state index contributed by atoms with van der Waals surface area (Å²) in [6, 6.07) is 0. The number of hydrogen-bond acceptors (Lipinski definition) is 4. The van der Waals surface area contributed by atoms with Crippen LogP contribution in [0.3, 0.4) is 0 Å². The van der Waals surface area contributed by atoms with Gasteiger partial charge >= 0.3 is 11.9 Å². The van der Waals surface area contributed by atoms with Crippen LogP contribution in [0.1, 0.15) is 77.0 Å². The highest BCUT2D eigenvalue weighted by atomic mass is 16.5. The summed E-state index contributed by atoms with van der Waals surface area (Å²) < 4.78 is 9.96. The van der Waals surface area contributed by atoms with Crippen molar-refractivity contribution in [1.29, 1.82) is 0 Å². The number of hydrogen-bond donors (Lipinski definition) is 0. The van der Waals surface area contributed by atoms with Crippen LogP contribution in [0, 0.1) is 23.7 Å². The average Bonchev–Trinajstić information content (AvgIpc) is 3.46. The van der Waals surface area contributed by atoms with Crippen LogP contribution < -0.4 is 0 Å². The number of carbonyl (C=O) groups is 2. The number of rotatable bonds is 12. The van der Waals surface area contributed by atoms with Crippen molar-refractivity contribution in [3.05, 3.63) is 0 Å². The van der Waals surface area contributed by atoms with Gasteiger partial charge in [-0.3, -0.25) is 0 Å². The third-order valence-corrected chi connectivity index (χ3v) is 4.64. The molecule has 24 heavy (non-hydrogen) atoms. The van der Waals surface area contributed by atoms with Gasteiger partial charge in [0.15, 0.2) is 0 Å². The minimum Gasteiger partial charge on any atom is -0.456 e. The first-order valence-corrected chi connectivity index (χ1v) is 9.59. The van der Waals surface area contributed by atoms with E-state index in [0.717, 1.165) is 37.5 Å². The van der Waals surface area contributed by atoms with Crippen LogP contribution in [-0.4, -0.2) is 25.2 Å². The van der Waals surface area contributed by atoms with Crippen molar-refractivity contribution in [3.8, 4) is 11.8 Å². The van der Waals surface area contributed by atoms with Crippen molar-refractivity contribution in [2.24, 2.45) is 11.8 Å². The Kier molecular flexibility index (Phi) is 8.73. The molecule has 0 unspecified atom stereocenters. The smallest absolute Gasteiger partial charge is 0.384 e. The normalized spacial score (nSPS) is 16.2. The molecule has 0 amide bonds. The second kappa shape index (κ2) is 11.1. The average molecular weight is 334 g/mol. The third-order valence-electron chi connectivity index (χ3n) is 4.64. The van der Waals surface area contributed by atoms with E-state index < -0.39 is 11.9 Å². The molecule has 0 radical (unpaired) electrons. The molecule has 0 spiro atoms. The van der Waals surface area contributed by atoms with Crippen LogP contribution in [0.2, 0.25) is 0 Å². The van der Waals surface area contributed by atoms with Crippen molar-refractivity contribution in [2.75, 3.05) is 13.2 Å². The van der Waals surface area contributed by atoms with Gasteiger partial charge in [-0.1, -0.05) is 64.2 Å². The third kappa shape index (κ3) is 10.3. The van der Waals surface area contributed by atoms with E-state index in [-0.39, 0.29) is 0 Å². The van der Waals surface area contributed by atoms with Crippen molar-refractivity contribution in [2.45, 2.75) is 77.0 Å². The Hall–Kier alpha value is -1.50. The molecule has 0 saturated heterocycles. The molecule has 0 aliphatic heterocycles.